The minimum Gasteiger partial charge on any atom is -0.465 e. The highest BCUT2D eigenvalue weighted by molar-refractivity contribution is 8.13. The molecule has 2 aromatic heterocycles. The molecule has 1 aromatic carbocycles. The lowest BCUT2D eigenvalue weighted by Gasteiger charge is -2.31. The summed E-state index contributed by atoms with van der Waals surface area (Å²) in [5.74, 6) is -2.34. The fourth-order valence-corrected chi connectivity index (χ4v) is 4.52. The SMILES string of the molecule is O=C(O)N1CCOC(Cc2c(-c3c(F)cc(S(=O)(=O)Cl)cc3F)nc3cc(Cl)ccn23)C1. The highest BCUT2D eigenvalue weighted by Gasteiger charge is 2.29. The lowest BCUT2D eigenvalue weighted by atomic mass is 10.0. The smallest absolute Gasteiger partial charge is 0.407 e. The zero-order chi connectivity index (χ0) is 23.2. The minimum absolute atomic E-state index is 0.0595. The maximum absolute atomic E-state index is 14.9. The molecule has 0 radical (unpaired) electrons. The van der Waals surface area contributed by atoms with Crippen LogP contribution in [-0.4, -0.2) is 59.7 Å². The van der Waals surface area contributed by atoms with Crippen molar-refractivity contribution in [1.82, 2.24) is 14.3 Å². The number of rotatable bonds is 4. The molecule has 170 valence electrons. The molecule has 1 N–H and O–H groups in total. The van der Waals surface area contributed by atoms with E-state index in [1.54, 1.807) is 16.7 Å². The molecular weight excluding hydrogens is 491 g/mol. The molecule has 4 rings (SSSR count). The standard InChI is InChI=1S/C19H15Cl2F2N3O5S/c20-10-1-2-26-15(6-11-9-25(19(27)28)3-4-31-11)18(24-16(26)5-10)17-13(22)7-12(8-14(17)23)32(21,29)30/h1-2,5,7-8,11H,3-4,6,9H2,(H,27,28). The number of aromatic nitrogens is 2. The summed E-state index contributed by atoms with van der Waals surface area (Å²) in [7, 11) is 0.861. The van der Waals surface area contributed by atoms with E-state index in [0.29, 0.717) is 28.5 Å². The van der Waals surface area contributed by atoms with Crippen molar-refractivity contribution in [3.05, 3.63) is 52.8 Å². The van der Waals surface area contributed by atoms with Crippen LogP contribution in [0.5, 0.6) is 0 Å². The van der Waals surface area contributed by atoms with E-state index < -0.39 is 43.3 Å². The molecule has 3 heterocycles. The average molecular weight is 506 g/mol. The van der Waals surface area contributed by atoms with Crippen molar-refractivity contribution in [2.75, 3.05) is 19.7 Å². The maximum atomic E-state index is 14.9. The van der Waals surface area contributed by atoms with Crippen LogP contribution in [0, 0.1) is 11.6 Å². The Morgan fingerprint density at radius 1 is 1.28 bits per heavy atom. The Kier molecular flexibility index (Phi) is 6.01. The Morgan fingerprint density at radius 2 is 1.97 bits per heavy atom. The number of benzene rings is 1. The number of halogens is 4. The first-order valence-electron chi connectivity index (χ1n) is 9.24. The van der Waals surface area contributed by atoms with Crippen LogP contribution < -0.4 is 0 Å². The second-order valence-corrected chi connectivity index (χ2v) is 10.1. The van der Waals surface area contributed by atoms with Gasteiger partial charge in [0.15, 0.2) is 0 Å². The number of carbonyl (C=O) groups is 1. The van der Waals surface area contributed by atoms with Gasteiger partial charge in [0.05, 0.1) is 41.1 Å². The topological polar surface area (TPSA) is 101 Å². The lowest BCUT2D eigenvalue weighted by Crippen LogP contribution is -2.45. The summed E-state index contributed by atoms with van der Waals surface area (Å²) in [6.07, 6.45) is -0.0494. The summed E-state index contributed by atoms with van der Waals surface area (Å²) in [6.45, 7) is 0.433. The number of hydrogen-bond acceptors (Lipinski definition) is 5. The Morgan fingerprint density at radius 3 is 2.59 bits per heavy atom. The van der Waals surface area contributed by atoms with Gasteiger partial charge in [-0.2, -0.15) is 0 Å². The largest absolute Gasteiger partial charge is 0.465 e. The zero-order valence-electron chi connectivity index (χ0n) is 16.1. The maximum Gasteiger partial charge on any atom is 0.407 e. The van der Waals surface area contributed by atoms with Gasteiger partial charge in [0.2, 0.25) is 0 Å². The van der Waals surface area contributed by atoms with Gasteiger partial charge in [-0.1, -0.05) is 11.6 Å². The second-order valence-electron chi connectivity index (χ2n) is 7.11. The van der Waals surface area contributed by atoms with Crippen LogP contribution >= 0.6 is 22.3 Å². The molecule has 3 aromatic rings. The first-order chi connectivity index (χ1) is 15.0. The van der Waals surface area contributed by atoms with Crippen LogP contribution in [0.15, 0.2) is 35.4 Å². The third-order valence-corrected chi connectivity index (χ3v) is 6.62. The highest BCUT2D eigenvalue weighted by Crippen LogP contribution is 2.33. The summed E-state index contributed by atoms with van der Waals surface area (Å²) in [5.41, 5.74) is 0.000974. The fourth-order valence-electron chi connectivity index (χ4n) is 3.61. The van der Waals surface area contributed by atoms with E-state index in [4.69, 9.17) is 27.0 Å². The van der Waals surface area contributed by atoms with E-state index >= 15 is 0 Å². The summed E-state index contributed by atoms with van der Waals surface area (Å²) in [6, 6.07) is 4.29. The fraction of sp³-hybridized carbons (Fsp3) is 0.263. The Labute approximate surface area is 190 Å². The third-order valence-electron chi connectivity index (χ3n) is 5.05. The predicted molar refractivity (Wildman–Crippen MR) is 112 cm³/mol. The third kappa shape index (κ3) is 4.38. The predicted octanol–water partition coefficient (Wildman–Crippen LogP) is 3.78. The summed E-state index contributed by atoms with van der Waals surface area (Å²) < 4.78 is 60.1. The molecule has 13 heteroatoms. The van der Waals surface area contributed by atoms with E-state index in [1.165, 1.54) is 11.0 Å². The van der Waals surface area contributed by atoms with Crippen LogP contribution in [0.1, 0.15) is 5.69 Å². The van der Waals surface area contributed by atoms with Crippen molar-refractivity contribution in [2.24, 2.45) is 0 Å². The van der Waals surface area contributed by atoms with Crippen molar-refractivity contribution < 1.29 is 31.8 Å². The Balaban J connectivity index is 1.85. The van der Waals surface area contributed by atoms with Crippen molar-refractivity contribution in [2.45, 2.75) is 17.4 Å². The Hall–Kier alpha value is -2.47. The Bertz CT molecular complexity index is 1310. The molecule has 0 aliphatic carbocycles. The van der Waals surface area contributed by atoms with Crippen molar-refractivity contribution in [3.63, 3.8) is 0 Å². The second kappa shape index (κ2) is 8.47. The molecule has 1 aliphatic heterocycles. The first-order valence-corrected chi connectivity index (χ1v) is 11.9. The van der Waals surface area contributed by atoms with Gasteiger partial charge >= 0.3 is 6.09 Å². The normalized spacial score (nSPS) is 17.1. The van der Waals surface area contributed by atoms with Crippen LogP contribution in [0.3, 0.4) is 0 Å². The monoisotopic (exact) mass is 505 g/mol. The number of morpholine rings is 1. The van der Waals surface area contributed by atoms with Gasteiger partial charge in [-0.15, -0.1) is 0 Å². The molecule has 1 fully saturated rings. The van der Waals surface area contributed by atoms with Crippen molar-refractivity contribution in [1.29, 1.82) is 0 Å². The number of hydrogen-bond donors (Lipinski definition) is 1. The number of ether oxygens (including phenoxy) is 1. The lowest BCUT2D eigenvalue weighted by molar-refractivity contribution is -0.0214. The number of pyridine rings is 1. The minimum atomic E-state index is -4.36. The van der Waals surface area contributed by atoms with Crippen LogP contribution in [-0.2, 0) is 20.2 Å². The first kappa shape index (κ1) is 22.7. The van der Waals surface area contributed by atoms with Crippen LogP contribution in [0.4, 0.5) is 13.6 Å². The van der Waals surface area contributed by atoms with Gasteiger partial charge in [-0.25, -0.2) is 27.0 Å². The molecule has 0 bridgehead atoms. The van der Waals surface area contributed by atoms with E-state index in [2.05, 4.69) is 4.98 Å². The van der Waals surface area contributed by atoms with E-state index in [0.717, 1.165) is 0 Å². The summed E-state index contributed by atoms with van der Waals surface area (Å²) in [5, 5.41) is 9.60. The number of fused-ring (bicyclic) bond motifs is 1. The number of amides is 1. The van der Waals surface area contributed by atoms with Gasteiger partial charge < -0.3 is 19.1 Å². The van der Waals surface area contributed by atoms with Crippen molar-refractivity contribution >= 4 is 43.1 Å². The molecule has 32 heavy (non-hydrogen) atoms. The quantitative estimate of drug-likeness (QED) is 0.541. The van der Waals surface area contributed by atoms with E-state index in [-0.39, 0.29) is 31.8 Å². The van der Waals surface area contributed by atoms with Gasteiger partial charge in [-0.05, 0) is 18.2 Å². The molecule has 1 saturated heterocycles. The molecule has 1 atom stereocenters. The van der Waals surface area contributed by atoms with Gasteiger partial charge in [0.1, 0.15) is 17.3 Å². The molecule has 1 aliphatic rings. The van der Waals surface area contributed by atoms with Crippen LogP contribution in [0.25, 0.3) is 16.9 Å². The number of imidazole rings is 1. The molecule has 1 amide bonds. The average Bonchev–Trinajstić information content (AvgIpc) is 3.04. The molecule has 0 saturated carbocycles. The van der Waals surface area contributed by atoms with Crippen LogP contribution in [0.2, 0.25) is 5.02 Å². The van der Waals surface area contributed by atoms with Crippen molar-refractivity contribution in [3.8, 4) is 11.3 Å². The molecule has 1 unspecified atom stereocenters. The summed E-state index contributed by atoms with van der Waals surface area (Å²) >= 11 is 6.03. The zero-order valence-corrected chi connectivity index (χ0v) is 18.5. The van der Waals surface area contributed by atoms with E-state index in [1.807, 2.05) is 0 Å². The molecule has 0 spiro atoms. The van der Waals surface area contributed by atoms with E-state index in [9.17, 15) is 27.1 Å². The number of nitrogens with zero attached hydrogens (tertiary/aromatic N) is 3. The molecule has 8 nitrogen and oxygen atoms in total. The highest BCUT2D eigenvalue weighted by atomic mass is 35.7. The molecular formula is C19H15Cl2F2N3O5S. The van der Waals surface area contributed by atoms with Gasteiger partial charge in [-0.3, -0.25) is 0 Å². The summed E-state index contributed by atoms with van der Waals surface area (Å²) in [4.78, 5) is 16.1. The van der Waals surface area contributed by atoms with Gasteiger partial charge in [0.25, 0.3) is 9.05 Å². The number of carboxylic acid groups (broad SMARTS) is 1. The van der Waals surface area contributed by atoms with Gasteiger partial charge in [0, 0.05) is 40.9 Å².